The molecule has 1 atom stereocenters. The molecule has 1 aromatic heterocycles. The van der Waals surface area contributed by atoms with E-state index in [-0.39, 0.29) is 36.0 Å². The molecule has 0 spiro atoms. The molecule has 10 heteroatoms. The van der Waals surface area contributed by atoms with Gasteiger partial charge in [0, 0.05) is 47.6 Å². The summed E-state index contributed by atoms with van der Waals surface area (Å²) < 4.78 is 31.7. The normalized spacial score (nSPS) is 12.4. The lowest BCUT2D eigenvalue weighted by atomic mass is 10.1. The number of fused-ring (bicyclic) bond motifs is 3. The van der Waals surface area contributed by atoms with Crippen molar-refractivity contribution in [1.29, 1.82) is 0 Å². The van der Waals surface area contributed by atoms with Crippen LogP contribution in [0.5, 0.6) is 11.5 Å². The Morgan fingerprint density at radius 1 is 0.925 bits per heavy atom. The van der Waals surface area contributed by atoms with Crippen molar-refractivity contribution in [3.63, 3.8) is 0 Å². The second kappa shape index (κ2) is 12.6. The Bertz CT molecular complexity index is 1690. The molecule has 4 aromatic carbocycles. The van der Waals surface area contributed by atoms with E-state index in [4.69, 9.17) is 4.74 Å². The summed E-state index contributed by atoms with van der Waals surface area (Å²) in [6, 6.07) is 28.7. The highest BCUT2D eigenvalue weighted by Gasteiger charge is 2.20. The van der Waals surface area contributed by atoms with Crippen molar-refractivity contribution >= 4 is 49.9 Å². The Kier molecular flexibility index (Phi) is 9.21. The number of para-hydroxylation sites is 2. The van der Waals surface area contributed by atoms with Crippen molar-refractivity contribution in [2.45, 2.75) is 12.6 Å². The van der Waals surface area contributed by atoms with Gasteiger partial charge in [0.2, 0.25) is 10.0 Å². The van der Waals surface area contributed by atoms with Gasteiger partial charge < -0.3 is 19.9 Å². The number of sulfonamides is 1. The lowest BCUT2D eigenvalue weighted by Gasteiger charge is -2.26. The number of anilines is 1. The van der Waals surface area contributed by atoms with Gasteiger partial charge in [0.25, 0.3) is 0 Å². The molecule has 0 aliphatic carbocycles. The van der Waals surface area contributed by atoms with Crippen molar-refractivity contribution in [2.24, 2.45) is 0 Å². The van der Waals surface area contributed by atoms with Crippen LogP contribution in [-0.2, 0) is 16.6 Å². The van der Waals surface area contributed by atoms with Crippen LogP contribution in [0.15, 0.2) is 91.0 Å². The van der Waals surface area contributed by atoms with E-state index in [1.54, 1.807) is 12.1 Å². The lowest BCUT2D eigenvalue weighted by molar-refractivity contribution is 0.0969. The number of aromatic nitrogens is 1. The standard InChI is InChI=1S/C30H31N3O5S.ClH/c1-39(36,37)32-27-13-7-11-25(30(27)35)29(34)20-33(19-21-8-3-2-4-9-21)16-17-38-22-14-15-24-23-10-5-6-12-26(23)31-28(24)18-22;/h2-15,18,29,31-32,34-35H,16-17,19-20H2,1H3;1H. The van der Waals surface area contributed by atoms with Crippen molar-refractivity contribution in [3.05, 3.63) is 102 Å². The molecule has 5 rings (SSSR count). The number of phenols is 1. The fraction of sp³-hybridized carbons (Fsp3) is 0.200. The van der Waals surface area contributed by atoms with Crippen LogP contribution in [0.3, 0.4) is 0 Å². The molecule has 4 N–H and O–H groups in total. The third kappa shape index (κ3) is 7.05. The molecule has 1 unspecified atom stereocenters. The fourth-order valence-electron chi connectivity index (χ4n) is 4.75. The molecular weight excluding hydrogens is 550 g/mol. The number of phenolic OH excluding ortho intramolecular Hbond substituents is 1. The number of benzene rings is 4. The van der Waals surface area contributed by atoms with Crippen molar-refractivity contribution in [2.75, 3.05) is 30.7 Å². The van der Waals surface area contributed by atoms with Crippen LogP contribution in [0.2, 0.25) is 0 Å². The maximum atomic E-state index is 11.7. The van der Waals surface area contributed by atoms with Crippen LogP contribution in [0.25, 0.3) is 21.8 Å². The first-order valence-electron chi connectivity index (χ1n) is 12.6. The molecule has 0 saturated heterocycles. The summed E-state index contributed by atoms with van der Waals surface area (Å²) in [4.78, 5) is 5.47. The van der Waals surface area contributed by atoms with Crippen molar-refractivity contribution in [1.82, 2.24) is 9.88 Å². The van der Waals surface area contributed by atoms with E-state index in [1.165, 1.54) is 11.5 Å². The van der Waals surface area contributed by atoms with Gasteiger partial charge >= 0.3 is 0 Å². The average molecular weight is 582 g/mol. The van der Waals surface area contributed by atoms with E-state index in [1.807, 2.05) is 65.6 Å². The predicted octanol–water partition coefficient (Wildman–Crippen LogP) is 5.43. The summed E-state index contributed by atoms with van der Waals surface area (Å²) in [5, 5.41) is 24.0. The second-order valence-electron chi connectivity index (χ2n) is 9.58. The largest absolute Gasteiger partial charge is 0.505 e. The monoisotopic (exact) mass is 581 g/mol. The van der Waals surface area contributed by atoms with Crippen molar-refractivity contribution in [3.8, 4) is 11.5 Å². The number of nitrogens with zero attached hydrogens (tertiary/aromatic N) is 1. The number of aliphatic hydroxyl groups is 1. The molecule has 0 saturated carbocycles. The summed E-state index contributed by atoms with van der Waals surface area (Å²) in [5.41, 5.74) is 3.42. The minimum atomic E-state index is -3.59. The molecule has 1 heterocycles. The number of aromatic amines is 1. The van der Waals surface area contributed by atoms with Gasteiger partial charge in [0.15, 0.2) is 0 Å². The third-order valence-corrected chi connectivity index (χ3v) is 7.15. The predicted molar refractivity (Wildman–Crippen MR) is 162 cm³/mol. The maximum absolute atomic E-state index is 11.7. The molecule has 0 fully saturated rings. The summed E-state index contributed by atoms with van der Waals surface area (Å²) in [6.45, 7) is 1.66. The summed E-state index contributed by atoms with van der Waals surface area (Å²) in [7, 11) is -3.59. The SMILES string of the molecule is CS(=O)(=O)Nc1cccc(C(O)CN(CCOc2ccc3c(c2)[nH]c2ccccc23)Cc2ccccc2)c1O.Cl. The number of halogens is 1. The van der Waals surface area contributed by atoms with E-state index in [0.717, 1.165) is 34.0 Å². The van der Waals surface area contributed by atoms with Crippen LogP contribution in [0.4, 0.5) is 5.69 Å². The lowest BCUT2D eigenvalue weighted by Crippen LogP contribution is -2.32. The molecule has 8 nitrogen and oxygen atoms in total. The Hall–Kier alpha value is -3.76. The van der Waals surface area contributed by atoms with Gasteiger partial charge in [0.1, 0.15) is 18.1 Å². The van der Waals surface area contributed by atoms with Crippen LogP contribution in [0.1, 0.15) is 17.2 Å². The van der Waals surface area contributed by atoms with E-state index in [0.29, 0.717) is 19.7 Å². The second-order valence-corrected chi connectivity index (χ2v) is 11.3. The van der Waals surface area contributed by atoms with Crippen LogP contribution in [-0.4, -0.2) is 54.5 Å². The minimum absolute atomic E-state index is 0. The van der Waals surface area contributed by atoms with Gasteiger partial charge in [-0.3, -0.25) is 9.62 Å². The zero-order valence-corrected chi connectivity index (χ0v) is 23.6. The minimum Gasteiger partial charge on any atom is -0.505 e. The molecule has 0 radical (unpaired) electrons. The number of nitrogens with one attached hydrogen (secondary N) is 2. The number of H-pyrrole nitrogens is 1. The zero-order valence-electron chi connectivity index (χ0n) is 21.9. The quantitative estimate of drug-likeness (QED) is 0.155. The summed E-state index contributed by atoms with van der Waals surface area (Å²) >= 11 is 0. The number of ether oxygens (including phenoxy) is 1. The Labute approximate surface area is 239 Å². The zero-order chi connectivity index (χ0) is 27.4. The first-order chi connectivity index (χ1) is 18.8. The molecule has 0 aliphatic heterocycles. The topological polar surface area (TPSA) is 115 Å². The third-order valence-electron chi connectivity index (χ3n) is 6.56. The Morgan fingerprint density at radius 3 is 2.42 bits per heavy atom. The first kappa shape index (κ1) is 29.2. The Morgan fingerprint density at radius 2 is 1.65 bits per heavy atom. The number of rotatable bonds is 11. The number of aliphatic hydroxyl groups excluding tert-OH is 1. The Balaban J connectivity index is 0.00000370. The summed E-state index contributed by atoms with van der Waals surface area (Å²) in [5.74, 6) is 0.449. The van der Waals surface area contributed by atoms with Crippen LogP contribution in [0, 0.1) is 0 Å². The van der Waals surface area contributed by atoms with Gasteiger partial charge in [-0.2, -0.15) is 0 Å². The number of hydrogen-bond acceptors (Lipinski definition) is 6. The fourth-order valence-corrected chi connectivity index (χ4v) is 5.31. The van der Waals surface area contributed by atoms with Crippen LogP contribution < -0.4 is 9.46 Å². The van der Waals surface area contributed by atoms with E-state index in [9.17, 15) is 18.6 Å². The smallest absolute Gasteiger partial charge is 0.229 e. The van der Waals surface area contributed by atoms with Gasteiger partial charge in [0.05, 0.1) is 23.6 Å². The van der Waals surface area contributed by atoms with Crippen molar-refractivity contribution < 1.29 is 23.4 Å². The molecule has 5 aromatic rings. The molecule has 0 amide bonds. The molecule has 40 heavy (non-hydrogen) atoms. The van der Waals surface area contributed by atoms with Gasteiger partial charge in [-0.05, 0) is 29.8 Å². The highest BCUT2D eigenvalue weighted by molar-refractivity contribution is 7.92. The molecule has 0 bridgehead atoms. The molecule has 0 aliphatic rings. The number of hydrogen-bond donors (Lipinski definition) is 4. The summed E-state index contributed by atoms with van der Waals surface area (Å²) in [6.07, 6.45) is -0.0507. The average Bonchev–Trinajstić information content (AvgIpc) is 3.27. The van der Waals surface area contributed by atoms with Crippen LogP contribution >= 0.6 is 12.4 Å². The van der Waals surface area contributed by atoms with Gasteiger partial charge in [-0.25, -0.2) is 8.42 Å². The highest BCUT2D eigenvalue weighted by Crippen LogP contribution is 2.33. The molecule has 210 valence electrons. The van der Waals surface area contributed by atoms with Gasteiger partial charge in [-0.1, -0.05) is 60.7 Å². The highest BCUT2D eigenvalue weighted by atomic mass is 35.5. The first-order valence-corrected chi connectivity index (χ1v) is 14.5. The van der Waals surface area contributed by atoms with Gasteiger partial charge in [-0.15, -0.1) is 12.4 Å². The van der Waals surface area contributed by atoms with E-state index in [2.05, 4.69) is 21.8 Å². The maximum Gasteiger partial charge on any atom is 0.229 e. The van der Waals surface area contributed by atoms with E-state index >= 15 is 0 Å². The molecular formula is C30H32ClN3O5S. The van der Waals surface area contributed by atoms with E-state index < -0.39 is 16.1 Å². The number of aromatic hydroxyl groups is 1.